The minimum Gasteiger partial charge on any atom is -0.450 e. The molecule has 1 aliphatic carbocycles. The first-order valence-electron chi connectivity index (χ1n) is 7.87. The third kappa shape index (κ3) is 7.17. The summed E-state index contributed by atoms with van der Waals surface area (Å²) in [6.45, 7) is 3.49. The second-order valence-corrected chi connectivity index (χ2v) is 7.98. The van der Waals surface area contributed by atoms with Gasteiger partial charge in [0.15, 0.2) is 0 Å². The van der Waals surface area contributed by atoms with Crippen molar-refractivity contribution in [3.63, 3.8) is 0 Å². The summed E-state index contributed by atoms with van der Waals surface area (Å²) in [6, 6.07) is 0. The molecule has 0 spiro atoms. The van der Waals surface area contributed by atoms with Crippen LogP contribution in [-0.2, 0) is 14.8 Å². The maximum Gasteiger partial charge on any atom is 0.503 e. The summed E-state index contributed by atoms with van der Waals surface area (Å²) in [6.07, 6.45) is 3.84. The first-order valence-corrected chi connectivity index (χ1v) is 9.48. The number of rotatable bonds is 3. The quantitative estimate of drug-likeness (QED) is 0.792. The fourth-order valence-electron chi connectivity index (χ4n) is 3.04. The van der Waals surface area contributed by atoms with Crippen LogP contribution in [0, 0.1) is 5.92 Å². The lowest BCUT2D eigenvalue weighted by Gasteiger charge is -2.34. The smallest absolute Gasteiger partial charge is 0.450 e. The van der Waals surface area contributed by atoms with Crippen LogP contribution in [0.3, 0.4) is 0 Å². The Morgan fingerprint density at radius 3 is 1.91 bits per heavy atom. The first kappa shape index (κ1) is 19.7. The van der Waals surface area contributed by atoms with Gasteiger partial charge in [-0.05, 0) is 18.8 Å². The lowest BCUT2D eigenvalue weighted by atomic mass is 9.91. The fourth-order valence-corrected chi connectivity index (χ4v) is 4.90. The molecule has 0 bridgehead atoms. The standard InChI is InChI=1S/C13H24N2O3S.CH2O3/c1-12(16)14-7-9-15(10-8-14)19(17,18)11-13-5-3-2-4-6-13;2-1(3)4/h13H,2-11H2,1H3;(H2,2,3,4). The highest BCUT2D eigenvalue weighted by atomic mass is 32.2. The molecule has 8 nitrogen and oxygen atoms in total. The molecule has 1 heterocycles. The molecular weight excluding hydrogens is 324 g/mol. The van der Waals surface area contributed by atoms with Crippen molar-refractivity contribution in [3.05, 3.63) is 0 Å². The van der Waals surface area contributed by atoms with Crippen LogP contribution in [0.25, 0.3) is 0 Å². The number of carbonyl (C=O) groups excluding carboxylic acids is 1. The monoisotopic (exact) mass is 350 g/mol. The Kier molecular flexibility index (Phi) is 7.77. The van der Waals surface area contributed by atoms with Gasteiger partial charge in [0.1, 0.15) is 0 Å². The van der Waals surface area contributed by atoms with E-state index in [1.165, 1.54) is 13.3 Å². The number of carbonyl (C=O) groups is 2. The van der Waals surface area contributed by atoms with Crippen LogP contribution in [0.2, 0.25) is 0 Å². The minimum absolute atomic E-state index is 0.0318. The molecule has 1 aliphatic heterocycles. The van der Waals surface area contributed by atoms with E-state index < -0.39 is 16.2 Å². The minimum atomic E-state index is -3.14. The summed E-state index contributed by atoms with van der Waals surface area (Å²) in [4.78, 5) is 21.5. The largest absolute Gasteiger partial charge is 0.503 e. The summed E-state index contributed by atoms with van der Waals surface area (Å²) in [5.74, 6) is 0.668. The summed E-state index contributed by atoms with van der Waals surface area (Å²) in [5.41, 5.74) is 0. The highest BCUT2D eigenvalue weighted by Crippen LogP contribution is 2.26. The molecule has 2 fully saturated rings. The fraction of sp³-hybridized carbons (Fsp3) is 0.857. The van der Waals surface area contributed by atoms with Gasteiger partial charge in [0.25, 0.3) is 0 Å². The van der Waals surface area contributed by atoms with Gasteiger partial charge >= 0.3 is 6.16 Å². The number of amides is 1. The van der Waals surface area contributed by atoms with Gasteiger partial charge in [0, 0.05) is 33.1 Å². The number of piperazine rings is 1. The highest BCUT2D eigenvalue weighted by Gasteiger charge is 2.30. The van der Waals surface area contributed by atoms with Crippen molar-refractivity contribution in [3.8, 4) is 0 Å². The van der Waals surface area contributed by atoms with Crippen LogP contribution in [0.1, 0.15) is 39.0 Å². The average Bonchev–Trinajstić information content (AvgIpc) is 2.47. The van der Waals surface area contributed by atoms with E-state index in [0.717, 1.165) is 25.7 Å². The zero-order valence-corrected chi connectivity index (χ0v) is 14.3. The molecule has 0 aromatic heterocycles. The van der Waals surface area contributed by atoms with Crippen molar-refractivity contribution in [1.29, 1.82) is 0 Å². The summed E-state index contributed by atoms with van der Waals surface area (Å²) < 4.78 is 26.3. The lowest BCUT2D eigenvalue weighted by Crippen LogP contribution is -2.51. The van der Waals surface area contributed by atoms with Gasteiger partial charge in [-0.2, -0.15) is 4.31 Å². The molecule has 2 N–H and O–H groups in total. The van der Waals surface area contributed by atoms with E-state index in [1.807, 2.05) is 0 Å². The third-order valence-electron chi connectivity index (χ3n) is 4.25. The van der Waals surface area contributed by atoms with Crippen molar-refractivity contribution in [2.75, 3.05) is 31.9 Å². The zero-order chi connectivity index (χ0) is 17.5. The summed E-state index contributed by atoms with van der Waals surface area (Å²) in [5, 5.41) is 13.9. The van der Waals surface area contributed by atoms with Gasteiger partial charge < -0.3 is 15.1 Å². The van der Waals surface area contributed by atoms with E-state index >= 15 is 0 Å². The molecular formula is C14H26N2O6S. The van der Waals surface area contributed by atoms with Gasteiger partial charge in [0.05, 0.1) is 5.75 Å². The second kappa shape index (κ2) is 9.07. The van der Waals surface area contributed by atoms with Gasteiger partial charge in [-0.25, -0.2) is 13.2 Å². The number of nitrogens with zero attached hydrogens (tertiary/aromatic N) is 2. The van der Waals surface area contributed by atoms with Crippen molar-refractivity contribution in [2.24, 2.45) is 5.92 Å². The van der Waals surface area contributed by atoms with Gasteiger partial charge in [0.2, 0.25) is 15.9 Å². The molecule has 2 rings (SSSR count). The van der Waals surface area contributed by atoms with Crippen molar-refractivity contribution in [1.82, 2.24) is 9.21 Å². The molecule has 0 aromatic carbocycles. The Balaban J connectivity index is 0.000000593. The topological polar surface area (TPSA) is 115 Å². The highest BCUT2D eigenvalue weighted by molar-refractivity contribution is 7.89. The predicted molar refractivity (Wildman–Crippen MR) is 84.8 cm³/mol. The Morgan fingerprint density at radius 2 is 1.48 bits per heavy atom. The molecule has 1 amide bonds. The van der Waals surface area contributed by atoms with Gasteiger partial charge in [-0.15, -0.1) is 0 Å². The zero-order valence-electron chi connectivity index (χ0n) is 13.5. The Morgan fingerprint density at radius 1 is 1.00 bits per heavy atom. The predicted octanol–water partition coefficient (Wildman–Crippen LogP) is 1.28. The van der Waals surface area contributed by atoms with E-state index in [2.05, 4.69) is 0 Å². The molecule has 2 aliphatic rings. The van der Waals surface area contributed by atoms with Crippen molar-refractivity contribution >= 4 is 22.1 Å². The maximum atomic E-state index is 12.4. The van der Waals surface area contributed by atoms with E-state index in [9.17, 15) is 13.2 Å². The molecule has 0 atom stereocenters. The van der Waals surface area contributed by atoms with E-state index in [0.29, 0.717) is 37.8 Å². The third-order valence-corrected chi connectivity index (χ3v) is 6.29. The molecule has 0 aromatic rings. The number of sulfonamides is 1. The lowest BCUT2D eigenvalue weighted by molar-refractivity contribution is -0.129. The maximum absolute atomic E-state index is 12.4. The Labute approximate surface area is 137 Å². The van der Waals surface area contributed by atoms with E-state index in [1.54, 1.807) is 9.21 Å². The SMILES string of the molecule is CC(=O)N1CCN(S(=O)(=O)CC2CCCCC2)CC1.O=C(O)O. The second-order valence-electron chi connectivity index (χ2n) is 5.97. The van der Waals surface area contributed by atoms with Crippen molar-refractivity contribution in [2.45, 2.75) is 39.0 Å². The Bertz CT molecular complexity index is 489. The molecule has 0 unspecified atom stereocenters. The van der Waals surface area contributed by atoms with Gasteiger partial charge in [-0.3, -0.25) is 4.79 Å². The molecule has 1 saturated heterocycles. The molecule has 0 radical (unpaired) electrons. The molecule has 23 heavy (non-hydrogen) atoms. The number of hydrogen-bond donors (Lipinski definition) is 2. The van der Waals surface area contributed by atoms with Crippen LogP contribution >= 0.6 is 0 Å². The van der Waals surface area contributed by atoms with Crippen LogP contribution in [0.4, 0.5) is 4.79 Å². The number of hydrogen-bond acceptors (Lipinski definition) is 4. The Hall–Kier alpha value is -1.35. The summed E-state index contributed by atoms with van der Waals surface area (Å²) >= 11 is 0. The first-order chi connectivity index (χ1) is 10.7. The van der Waals surface area contributed by atoms with Crippen LogP contribution in [0.5, 0.6) is 0 Å². The summed E-state index contributed by atoms with van der Waals surface area (Å²) in [7, 11) is -3.14. The van der Waals surface area contributed by atoms with Crippen LogP contribution in [-0.4, -0.2) is 71.8 Å². The molecule has 134 valence electrons. The number of carboxylic acid groups (broad SMARTS) is 2. The van der Waals surface area contributed by atoms with E-state index in [-0.39, 0.29) is 5.91 Å². The molecule has 1 saturated carbocycles. The normalized spacial score (nSPS) is 20.5. The van der Waals surface area contributed by atoms with Crippen molar-refractivity contribution < 1.29 is 28.2 Å². The van der Waals surface area contributed by atoms with E-state index in [4.69, 9.17) is 15.0 Å². The van der Waals surface area contributed by atoms with Crippen LogP contribution in [0.15, 0.2) is 0 Å². The molecule has 9 heteroatoms. The average molecular weight is 350 g/mol. The van der Waals surface area contributed by atoms with Gasteiger partial charge in [-0.1, -0.05) is 19.3 Å². The van der Waals surface area contributed by atoms with Crippen LogP contribution < -0.4 is 0 Å².